The summed E-state index contributed by atoms with van der Waals surface area (Å²) < 4.78 is 0. The fourth-order valence-corrected chi connectivity index (χ4v) is 2.35. The lowest BCUT2D eigenvalue weighted by Gasteiger charge is -2.32. The highest BCUT2D eigenvalue weighted by molar-refractivity contribution is 5.76. The fourth-order valence-electron chi connectivity index (χ4n) is 2.35. The fraction of sp³-hybridized carbons (Fsp3) is 0.571. The SMILES string of the molecule is CCCC(=O)N1CCC(Nc2ccc(N)cn2)CC1. The van der Waals surface area contributed by atoms with Crippen LogP contribution in [0.25, 0.3) is 0 Å². The number of carbonyl (C=O) groups is 1. The second kappa shape index (κ2) is 6.41. The highest BCUT2D eigenvalue weighted by atomic mass is 16.2. The molecule has 0 bridgehead atoms. The van der Waals surface area contributed by atoms with E-state index >= 15 is 0 Å². The molecule has 2 rings (SSSR count). The van der Waals surface area contributed by atoms with Crippen molar-refractivity contribution in [3.63, 3.8) is 0 Å². The van der Waals surface area contributed by atoms with Gasteiger partial charge < -0.3 is 16.0 Å². The van der Waals surface area contributed by atoms with Gasteiger partial charge in [-0.3, -0.25) is 4.79 Å². The molecular weight excluding hydrogens is 240 g/mol. The average Bonchev–Trinajstić information content (AvgIpc) is 2.42. The first-order chi connectivity index (χ1) is 9.19. The van der Waals surface area contributed by atoms with Gasteiger partial charge in [0, 0.05) is 25.6 Å². The molecule has 3 N–H and O–H groups in total. The monoisotopic (exact) mass is 262 g/mol. The van der Waals surface area contributed by atoms with E-state index in [9.17, 15) is 4.79 Å². The minimum Gasteiger partial charge on any atom is -0.397 e. The van der Waals surface area contributed by atoms with Crippen LogP contribution in [0.4, 0.5) is 11.5 Å². The number of nitrogens with one attached hydrogen (secondary N) is 1. The smallest absolute Gasteiger partial charge is 0.222 e. The summed E-state index contributed by atoms with van der Waals surface area (Å²) >= 11 is 0. The molecular formula is C14H22N4O. The van der Waals surface area contributed by atoms with Gasteiger partial charge in [-0.25, -0.2) is 4.98 Å². The number of aromatic nitrogens is 1. The normalized spacial score (nSPS) is 16.4. The van der Waals surface area contributed by atoms with Crippen LogP contribution in [0.3, 0.4) is 0 Å². The molecule has 19 heavy (non-hydrogen) atoms. The zero-order valence-electron chi connectivity index (χ0n) is 11.4. The third kappa shape index (κ3) is 3.84. The van der Waals surface area contributed by atoms with Gasteiger partial charge in [-0.2, -0.15) is 0 Å². The molecule has 5 nitrogen and oxygen atoms in total. The zero-order chi connectivity index (χ0) is 13.7. The number of carbonyl (C=O) groups excluding carboxylic acids is 1. The van der Waals surface area contributed by atoms with Gasteiger partial charge in [0.15, 0.2) is 0 Å². The Hall–Kier alpha value is -1.78. The summed E-state index contributed by atoms with van der Waals surface area (Å²) in [5, 5.41) is 3.39. The van der Waals surface area contributed by atoms with E-state index in [-0.39, 0.29) is 5.91 Å². The van der Waals surface area contributed by atoms with Crippen LogP contribution in [-0.4, -0.2) is 34.9 Å². The third-order valence-corrected chi connectivity index (χ3v) is 3.45. The maximum Gasteiger partial charge on any atom is 0.222 e. The molecule has 1 amide bonds. The lowest BCUT2D eigenvalue weighted by molar-refractivity contribution is -0.132. The molecule has 104 valence electrons. The zero-order valence-corrected chi connectivity index (χ0v) is 11.4. The molecule has 0 unspecified atom stereocenters. The Morgan fingerprint density at radius 3 is 2.79 bits per heavy atom. The summed E-state index contributed by atoms with van der Waals surface area (Å²) in [5.74, 6) is 1.14. The van der Waals surface area contributed by atoms with Gasteiger partial charge in [-0.1, -0.05) is 6.92 Å². The third-order valence-electron chi connectivity index (χ3n) is 3.45. The van der Waals surface area contributed by atoms with Crippen molar-refractivity contribution in [1.29, 1.82) is 0 Å². The van der Waals surface area contributed by atoms with E-state index in [1.165, 1.54) is 0 Å². The molecule has 1 fully saturated rings. The van der Waals surface area contributed by atoms with Gasteiger partial charge in [0.05, 0.1) is 11.9 Å². The predicted molar refractivity (Wildman–Crippen MR) is 76.8 cm³/mol. The number of hydrogen-bond acceptors (Lipinski definition) is 4. The van der Waals surface area contributed by atoms with E-state index in [0.29, 0.717) is 18.2 Å². The molecule has 1 saturated heterocycles. The minimum absolute atomic E-state index is 0.284. The van der Waals surface area contributed by atoms with Gasteiger partial charge in [0.25, 0.3) is 0 Å². The number of likely N-dealkylation sites (tertiary alicyclic amines) is 1. The number of nitrogens with two attached hydrogens (primary N) is 1. The van der Waals surface area contributed by atoms with E-state index in [0.717, 1.165) is 38.2 Å². The Balaban J connectivity index is 1.80. The summed E-state index contributed by atoms with van der Waals surface area (Å²) in [6.07, 6.45) is 5.19. The van der Waals surface area contributed by atoms with Crippen LogP contribution in [0.15, 0.2) is 18.3 Å². The van der Waals surface area contributed by atoms with E-state index in [1.54, 1.807) is 6.20 Å². The highest BCUT2D eigenvalue weighted by Gasteiger charge is 2.22. The Labute approximate surface area is 114 Å². The quantitative estimate of drug-likeness (QED) is 0.869. The molecule has 0 radical (unpaired) electrons. The summed E-state index contributed by atoms with van der Waals surface area (Å²) in [6, 6.07) is 4.13. The van der Waals surface area contributed by atoms with E-state index < -0.39 is 0 Å². The number of piperidine rings is 1. The predicted octanol–water partition coefficient (Wildman–Crippen LogP) is 1.87. The first-order valence-corrected chi connectivity index (χ1v) is 6.95. The molecule has 0 atom stereocenters. The Kier molecular flexibility index (Phi) is 4.60. The minimum atomic E-state index is 0.284. The van der Waals surface area contributed by atoms with Crippen molar-refractivity contribution < 1.29 is 4.79 Å². The maximum atomic E-state index is 11.8. The average molecular weight is 262 g/mol. The van der Waals surface area contributed by atoms with Crippen molar-refractivity contribution in [3.05, 3.63) is 18.3 Å². The first-order valence-electron chi connectivity index (χ1n) is 6.95. The van der Waals surface area contributed by atoms with Crippen LogP contribution in [0.1, 0.15) is 32.6 Å². The van der Waals surface area contributed by atoms with Crippen LogP contribution in [0.5, 0.6) is 0 Å². The standard InChI is InChI=1S/C14H22N4O/c1-2-3-14(19)18-8-6-12(7-9-18)17-13-5-4-11(15)10-16-13/h4-5,10,12H,2-3,6-9,15H2,1H3,(H,16,17). The van der Waals surface area contributed by atoms with Crippen molar-refractivity contribution >= 4 is 17.4 Å². The van der Waals surface area contributed by atoms with Crippen LogP contribution < -0.4 is 11.1 Å². The Bertz CT molecular complexity index is 410. The topological polar surface area (TPSA) is 71.2 Å². The van der Waals surface area contributed by atoms with Gasteiger partial charge in [0.2, 0.25) is 5.91 Å². The van der Waals surface area contributed by atoms with Crippen molar-refractivity contribution in [2.45, 2.75) is 38.6 Å². The number of hydrogen-bond donors (Lipinski definition) is 2. The van der Waals surface area contributed by atoms with Crippen LogP contribution in [-0.2, 0) is 4.79 Å². The summed E-state index contributed by atoms with van der Waals surface area (Å²) in [6.45, 7) is 3.72. The summed E-state index contributed by atoms with van der Waals surface area (Å²) in [5.41, 5.74) is 6.28. The van der Waals surface area contributed by atoms with Gasteiger partial charge in [-0.05, 0) is 31.4 Å². The van der Waals surface area contributed by atoms with Crippen LogP contribution in [0, 0.1) is 0 Å². The van der Waals surface area contributed by atoms with Crippen LogP contribution >= 0.6 is 0 Å². The van der Waals surface area contributed by atoms with Crippen molar-refractivity contribution in [2.75, 3.05) is 24.1 Å². The second-order valence-corrected chi connectivity index (χ2v) is 5.03. The van der Waals surface area contributed by atoms with E-state index in [4.69, 9.17) is 5.73 Å². The molecule has 0 saturated carbocycles. The van der Waals surface area contributed by atoms with E-state index in [2.05, 4.69) is 10.3 Å². The van der Waals surface area contributed by atoms with Gasteiger partial charge in [-0.15, -0.1) is 0 Å². The number of nitrogen functional groups attached to an aromatic ring is 1. The Morgan fingerprint density at radius 1 is 1.47 bits per heavy atom. The maximum absolute atomic E-state index is 11.8. The molecule has 0 aliphatic carbocycles. The molecule has 0 aromatic carbocycles. The van der Waals surface area contributed by atoms with Gasteiger partial charge >= 0.3 is 0 Å². The van der Waals surface area contributed by atoms with E-state index in [1.807, 2.05) is 24.0 Å². The highest BCUT2D eigenvalue weighted by Crippen LogP contribution is 2.16. The molecule has 0 spiro atoms. The largest absolute Gasteiger partial charge is 0.397 e. The summed E-state index contributed by atoms with van der Waals surface area (Å²) in [7, 11) is 0. The number of anilines is 2. The van der Waals surface area contributed by atoms with Crippen molar-refractivity contribution in [2.24, 2.45) is 0 Å². The van der Waals surface area contributed by atoms with Crippen molar-refractivity contribution in [3.8, 4) is 0 Å². The second-order valence-electron chi connectivity index (χ2n) is 5.03. The molecule has 2 heterocycles. The lowest BCUT2D eigenvalue weighted by Crippen LogP contribution is -2.42. The molecule has 1 aliphatic rings. The van der Waals surface area contributed by atoms with Crippen LogP contribution in [0.2, 0.25) is 0 Å². The molecule has 1 aliphatic heterocycles. The number of pyridine rings is 1. The van der Waals surface area contributed by atoms with Gasteiger partial charge in [0.1, 0.15) is 5.82 Å². The Morgan fingerprint density at radius 2 is 2.21 bits per heavy atom. The number of nitrogens with zero attached hydrogens (tertiary/aromatic N) is 2. The molecule has 1 aromatic rings. The number of amides is 1. The molecule has 1 aromatic heterocycles. The van der Waals surface area contributed by atoms with Crippen molar-refractivity contribution in [1.82, 2.24) is 9.88 Å². The number of rotatable bonds is 4. The first kappa shape index (κ1) is 13.6. The molecule has 5 heteroatoms. The lowest BCUT2D eigenvalue weighted by atomic mass is 10.0. The summed E-state index contributed by atoms with van der Waals surface area (Å²) in [4.78, 5) is 18.0.